The van der Waals surface area contributed by atoms with Crippen LogP contribution in [0.1, 0.15) is 80.8 Å². The molecule has 3 aliphatic rings. The van der Waals surface area contributed by atoms with E-state index < -0.39 is 7.12 Å². The summed E-state index contributed by atoms with van der Waals surface area (Å²) in [5.41, 5.74) is 3.45. The molecule has 1 aromatic carbocycles. The summed E-state index contributed by atoms with van der Waals surface area (Å²) in [5, 5.41) is 19.5. The summed E-state index contributed by atoms with van der Waals surface area (Å²) in [6, 6.07) is 6.51. The Balaban J connectivity index is 1.66. The molecule has 2 bridgehead atoms. The van der Waals surface area contributed by atoms with Gasteiger partial charge in [0, 0.05) is 0 Å². The Hall–Kier alpha value is -0.795. The minimum absolute atomic E-state index is 0.532. The molecule has 0 heterocycles. The van der Waals surface area contributed by atoms with E-state index in [1.54, 1.807) is 0 Å². The third-order valence-electron chi connectivity index (χ3n) is 6.60. The molecule has 2 N–H and O–H groups in total. The van der Waals surface area contributed by atoms with Crippen LogP contribution in [0.5, 0.6) is 0 Å². The highest BCUT2D eigenvalue weighted by atomic mass is 16.4. The number of fused-ring (bicyclic) bond motifs is 2. The van der Waals surface area contributed by atoms with Crippen molar-refractivity contribution in [3.8, 4) is 0 Å². The standard InChI is InChI=1S/C19H27BO2/c21-20(22)19-9-8-16(17-11-13-6-7-15(17)10-13)12-18(19)14-4-2-1-3-5-14/h8-9,12-15,17,21-22H,1-7,10-11H2. The topological polar surface area (TPSA) is 40.5 Å². The summed E-state index contributed by atoms with van der Waals surface area (Å²) in [7, 11) is -1.33. The molecule has 3 aliphatic carbocycles. The van der Waals surface area contributed by atoms with E-state index in [9.17, 15) is 10.0 Å². The first kappa shape index (κ1) is 14.8. The van der Waals surface area contributed by atoms with Crippen LogP contribution in [0.3, 0.4) is 0 Å². The third-order valence-corrected chi connectivity index (χ3v) is 6.60. The molecule has 0 spiro atoms. The number of hydrogen-bond acceptors (Lipinski definition) is 2. The summed E-state index contributed by atoms with van der Waals surface area (Å²) in [6.45, 7) is 0. The highest BCUT2D eigenvalue weighted by Gasteiger charge is 2.40. The number of rotatable bonds is 3. The predicted octanol–water partition coefficient (Wildman–Crippen LogP) is 3.32. The van der Waals surface area contributed by atoms with Gasteiger partial charge in [-0.15, -0.1) is 0 Å². The van der Waals surface area contributed by atoms with Crippen LogP contribution < -0.4 is 5.46 Å². The lowest BCUT2D eigenvalue weighted by Gasteiger charge is -2.28. The lowest BCUT2D eigenvalue weighted by Crippen LogP contribution is -2.34. The summed E-state index contributed by atoms with van der Waals surface area (Å²) in [5.74, 6) is 3.10. The van der Waals surface area contributed by atoms with Gasteiger partial charge in [0.15, 0.2) is 0 Å². The molecule has 3 saturated carbocycles. The van der Waals surface area contributed by atoms with Crippen molar-refractivity contribution in [1.82, 2.24) is 0 Å². The molecule has 0 amide bonds. The number of benzene rings is 1. The summed E-state index contributed by atoms with van der Waals surface area (Å²) in [4.78, 5) is 0. The zero-order valence-corrected chi connectivity index (χ0v) is 13.4. The molecule has 3 atom stereocenters. The highest BCUT2D eigenvalue weighted by molar-refractivity contribution is 6.59. The van der Waals surface area contributed by atoms with Crippen LogP contribution in [0.4, 0.5) is 0 Å². The fraction of sp³-hybridized carbons (Fsp3) is 0.684. The van der Waals surface area contributed by atoms with Gasteiger partial charge in [0.2, 0.25) is 0 Å². The average Bonchev–Trinajstić information content (AvgIpc) is 3.18. The maximum atomic E-state index is 9.75. The van der Waals surface area contributed by atoms with Gasteiger partial charge < -0.3 is 10.0 Å². The molecule has 0 aliphatic heterocycles. The van der Waals surface area contributed by atoms with E-state index in [-0.39, 0.29) is 0 Å². The van der Waals surface area contributed by atoms with Crippen LogP contribution in [-0.4, -0.2) is 17.2 Å². The zero-order chi connectivity index (χ0) is 15.1. The van der Waals surface area contributed by atoms with Crippen LogP contribution in [0, 0.1) is 11.8 Å². The van der Waals surface area contributed by atoms with Crippen molar-refractivity contribution in [2.75, 3.05) is 0 Å². The van der Waals surface area contributed by atoms with Crippen molar-refractivity contribution < 1.29 is 10.0 Å². The Kier molecular flexibility index (Phi) is 4.04. The first-order chi connectivity index (χ1) is 10.7. The maximum Gasteiger partial charge on any atom is 0.488 e. The summed E-state index contributed by atoms with van der Waals surface area (Å²) >= 11 is 0. The Morgan fingerprint density at radius 1 is 0.909 bits per heavy atom. The summed E-state index contributed by atoms with van der Waals surface area (Å²) in [6.07, 6.45) is 11.9. The quantitative estimate of drug-likeness (QED) is 0.840. The fourth-order valence-electron chi connectivity index (χ4n) is 5.48. The highest BCUT2D eigenvalue weighted by Crippen LogP contribution is 2.53. The lowest BCUT2D eigenvalue weighted by atomic mass is 9.69. The molecule has 2 nitrogen and oxygen atoms in total. The van der Waals surface area contributed by atoms with Gasteiger partial charge in [-0.3, -0.25) is 0 Å². The largest absolute Gasteiger partial charge is 0.488 e. The molecule has 1 aromatic rings. The molecular formula is C19H27BO2. The fourth-order valence-corrected chi connectivity index (χ4v) is 5.48. The van der Waals surface area contributed by atoms with E-state index in [0.29, 0.717) is 5.92 Å². The van der Waals surface area contributed by atoms with Crippen LogP contribution in [0.25, 0.3) is 0 Å². The molecule has 0 radical (unpaired) electrons. The molecule has 3 heteroatoms. The summed E-state index contributed by atoms with van der Waals surface area (Å²) < 4.78 is 0. The van der Waals surface area contributed by atoms with Crippen molar-refractivity contribution in [3.63, 3.8) is 0 Å². The second-order valence-corrected chi connectivity index (χ2v) is 7.88. The van der Waals surface area contributed by atoms with Crippen LogP contribution in [-0.2, 0) is 0 Å². The molecule has 3 fully saturated rings. The molecule has 0 aromatic heterocycles. The Labute approximate surface area is 134 Å². The first-order valence-electron chi connectivity index (χ1n) is 9.22. The van der Waals surface area contributed by atoms with E-state index in [2.05, 4.69) is 12.1 Å². The van der Waals surface area contributed by atoms with Crippen LogP contribution in [0.15, 0.2) is 18.2 Å². The number of hydrogen-bond donors (Lipinski definition) is 2. The van der Waals surface area contributed by atoms with Gasteiger partial charge in [0.25, 0.3) is 0 Å². The minimum Gasteiger partial charge on any atom is -0.423 e. The maximum absolute atomic E-state index is 9.75. The average molecular weight is 298 g/mol. The monoisotopic (exact) mass is 298 g/mol. The molecule has 22 heavy (non-hydrogen) atoms. The van der Waals surface area contributed by atoms with Crippen molar-refractivity contribution in [3.05, 3.63) is 29.3 Å². The predicted molar refractivity (Wildman–Crippen MR) is 90.3 cm³/mol. The van der Waals surface area contributed by atoms with Gasteiger partial charge in [0.05, 0.1) is 0 Å². The van der Waals surface area contributed by atoms with Crippen molar-refractivity contribution in [2.45, 2.75) is 69.6 Å². The van der Waals surface area contributed by atoms with E-state index >= 15 is 0 Å². The van der Waals surface area contributed by atoms with E-state index in [0.717, 1.165) is 23.2 Å². The van der Waals surface area contributed by atoms with Gasteiger partial charge in [-0.2, -0.15) is 0 Å². The SMILES string of the molecule is OB(O)c1ccc(C2CC3CCC2C3)cc1C1CCCCC1. The van der Waals surface area contributed by atoms with Crippen molar-refractivity contribution >= 4 is 12.6 Å². The second-order valence-electron chi connectivity index (χ2n) is 7.88. The van der Waals surface area contributed by atoms with Gasteiger partial charge in [-0.05, 0) is 72.4 Å². The van der Waals surface area contributed by atoms with Gasteiger partial charge >= 0.3 is 7.12 Å². The molecule has 3 unspecified atom stereocenters. The lowest BCUT2D eigenvalue weighted by molar-refractivity contribution is 0.414. The second kappa shape index (κ2) is 6.01. The van der Waals surface area contributed by atoms with Gasteiger partial charge in [-0.25, -0.2) is 0 Å². The zero-order valence-electron chi connectivity index (χ0n) is 13.4. The first-order valence-corrected chi connectivity index (χ1v) is 9.22. The minimum atomic E-state index is -1.33. The third kappa shape index (κ3) is 2.63. The Morgan fingerprint density at radius 2 is 1.73 bits per heavy atom. The molecule has 118 valence electrons. The molecule has 0 saturated heterocycles. The normalized spacial score (nSPS) is 31.6. The Morgan fingerprint density at radius 3 is 2.36 bits per heavy atom. The van der Waals surface area contributed by atoms with Crippen molar-refractivity contribution in [2.24, 2.45) is 11.8 Å². The van der Waals surface area contributed by atoms with E-state index in [1.165, 1.54) is 68.9 Å². The van der Waals surface area contributed by atoms with Gasteiger partial charge in [-0.1, -0.05) is 43.9 Å². The van der Waals surface area contributed by atoms with Gasteiger partial charge in [0.1, 0.15) is 0 Å². The van der Waals surface area contributed by atoms with Crippen LogP contribution >= 0.6 is 0 Å². The molecular weight excluding hydrogens is 271 g/mol. The smallest absolute Gasteiger partial charge is 0.423 e. The van der Waals surface area contributed by atoms with Crippen LogP contribution in [0.2, 0.25) is 0 Å². The van der Waals surface area contributed by atoms with E-state index in [1.807, 2.05) is 6.07 Å². The Bertz CT molecular complexity index is 536. The molecule has 4 rings (SSSR count). The van der Waals surface area contributed by atoms with E-state index in [4.69, 9.17) is 0 Å². The van der Waals surface area contributed by atoms with Crippen molar-refractivity contribution in [1.29, 1.82) is 0 Å².